The predicted octanol–water partition coefficient (Wildman–Crippen LogP) is 3.61. The van der Waals surface area contributed by atoms with Gasteiger partial charge in [-0.05, 0) is 18.2 Å². The molecule has 1 heterocycles. The molecule has 0 aliphatic rings. The number of hydrogen-bond acceptors (Lipinski definition) is 2. The summed E-state index contributed by atoms with van der Waals surface area (Å²) in [5.41, 5.74) is 7.84. The van der Waals surface area contributed by atoms with Crippen LogP contribution in [0.4, 0.5) is 14.6 Å². The minimum atomic E-state index is -0.918. The lowest BCUT2D eigenvalue weighted by Crippen LogP contribution is -1.98. The molecule has 0 amide bonds. The van der Waals surface area contributed by atoms with E-state index in [1.807, 2.05) is 30.3 Å². The third-order valence-corrected chi connectivity index (χ3v) is 3.36. The molecule has 3 aromatic rings. The van der Waals surface area contributed by atoms with E-state index in [9.17, 15) is 8.78 Å². The van der Waals surface area contributed by atoms with E-state index < -0.39 is 11.6 Å². The van der Waals surface area contributed by atoms with Gasteiger partial charge in [0.1, 0.15) is 17.3 Å². The maximum absolute atomic E-state index is 13.4. The Hall–Kier alpha value is -2.69. The Bertz CT molecular complexity index is 795. The van der Waals surface area contributed by atoms with Crippen LogP contribution >= 0.6 is 0 Å². The largest absolute Gasteiger partial charge is 0.383 e. The summed E-state index contributed by atoms with van der Waals surface area (Å²) in [7, 11) is 1.79. The van der Waals surface area contributed by atoms with Gasteiger partial charge in [0.05, 0.1) is 0 Å². The van der Waals surface area contributed by atoms with Crippen LogP contribution in [0.5, 0.6) is 0 Å². The molecule has 0 unspecified atom stereocenters. The molecule has 0 saturated heterocycles. The monoisotopic (exact) mass is 285 g/mol. The first kappa shape index (κ1) is 13.3. The van der Waals surface area contributed by atoms with Crippen LogP contribution in [0.2, 0.25) is 0 Å². The van der Waals surface area contributed by atoms with E-state index in [1.54, 1.807) is 11.6 Å². The molecular formula is C16H13F2N3. The zero-order valence-electron chi connectivity index (χ0n) is 11.3. The zero-order valence-corrected chi connectivity index (χ0v) is 11.3. The number of aromatic nitrogens is 2. The van der Waals surface area contributed by atoms with Crippen molar-refractivity contribution in [2.24, 2.45) is 7.05 Å². The first-order valence-electron chi connectivity index (χ1n) is 6.41. The number of hydrogen-bond donors (Lipinski definition) is 1. The lowest BCUT2D eigenvalue weighted by Gasteiger charge is -2.02. The normalized spacial score (nSPS) is 10.8. The summed E-state index contributed by atoms with van der Waals surface area (Å²) in [6.45, 7) is 0. The van der Waals surface area contributed by atoms with Gasteiger partial charge in [0.2, 0.25) is 0 Å². The van der Waals surface area contributed by atoms with Crippen LogP contribution < -0.4 is 5.73 Å². The number of imidazole rings is 1. The molecule has 5 heteroatoms. The van der Waals surface area contributed by atoms with Crippen LogP contribution in [-0.4, -0.2) is 9.55 Å². The van der Waals surface area contributed by atoms with Gasteiger partial charge < -0.3 is 10.3 Å². The third-order valence-electron chi connectivity index (χ3n) is 3.36. The van der Waals surface area contributed by atoms with Crippen LogP contribution in [0.25, 0.3) is 22.6 Å². The zero-order chi connectivity index (χ0) is 15.0. The number of nitrogens with zero attached hydrogens (tertiary/aromatic N) is 2. The maximum atomic E-state index is 13.4. The first-order chi connectivity index (χ1) is 10.1. The summed E-state index contributed by atoms with van der Waals surface area (Å²) in [6.07, 6.45) is 0. The van der Waals surface area contributed by atoms with Crippen LogP contribution in [0.1, 0.15) is 0 Å². The Morgan fingerprint density at radius 1 is 0.952 bits per heavy atom. The van der Waals surface area contributed by atoms with Crippen LogP contribution in [0.15, 0.2) is 48.5 Å². The van der Waals surface area contributed by atoms with Crippen molar-refractivity contribution in [1.29, 1.82) is 0 Å². The van der Waals surface area contributed by atoms with Crippen molar-refractivity contribution in [2.45, 2.75) is 0 Å². The Kier molecular flexibility index (Phi) is 3.17. The highest BCUT2D eigenvalue weighted by molar-refractivity contribution is 5.75. The Morgan fingerprint density at radius 2 is 1.67 bits per heavy atom. The maximum Gasteiger partial charge on any atom is 0.159 e. The number of nitrogens with two attached hydrogens (primary N) is 1. The molecule has 0 atom stereocenters. The topological polar surface area (TPSA) is 43.8 Å². The van der Waals surface area contributed by atoms with Crippen LogP contribution in [0, 0.1) is 11.6 Å². The van der Waals surface area contributed by atoms with Crippen molar-refractivity contribution in [3.8, 4) is 22.6 Å². The molecule has 3 rings (SSSR count). The quantitative estimate of drug-likeness (QED) is 0.781. The molecular weight excluding hydrogens is 272 g/mol. The first-order valence-corrected chi connectivity index (χ1v) is 6.41. The van der Waals surface area contributed by atoms with Crippen LogP contribution in [-0.2, 0) is 7.05 Å². The van der Waals surface area contributed by atoms with Crippen molar-refractivity contribution in [3.63, 3.8) is 0 Å². The molecule has 0 saturated carbocycles. The Balaban J connectivity index is 2.15. The smallest absolute Gasteiger partial charge is 0.159 e. The third kappa shape index (κ3) is 2.27. The second-order valence-electron chi connectivity index (χ2n) is 4.72. The van der Waals surface area contributed by atoms with Crippen molar-refractivity contribution in [2.75, 3.05) is 5.73 Å². The predicted molar refractivity (Wildman–Crippen MR) is 78.4 cm³/mol. The minimum Gasteiger partial charge on any atom is -0.383 e. The van der Waals surface area contributed by atoms with E-state index in [1.165, 1.54) is 6.07 Å². The van der Waals surface area contributed by atoms with Gasteiger partial charge in [0, 0.05) is 18.2 Å². The average molecular weight is 285 g/mol. The number of benzene rings is 2. The van der Waals surface area contributed by atoms with Gasteiger partial charge in [0.25, 0.3) is 0 Å². The highest BCUT2D eigenvalue weighted by Gasteiger charge is 2.16. The molecule has 106 valence electrons. The fourth-order valence-corrected chi connectivity index (χ4v) is 2.21. The van der Waals surface area contributed by atoms with Gasteiger partial charge in [-0.25, -0.2) is 13.8 Å². The summed E-state index contributed by atoms with van der Waals surface area (Å²) < 4.78 is 28.1. The van der Waals surface area contributed by atoms with E-state index in [4.69, 9.17) is 5.73 Å². The lowest BCUT2D eigenvalue weighted by molar-refractivity contribution is 0.509. The summed E-state index contributed by atoms with van der Waals surface area (Å²) in [5, 5.41) is 0. The van der Waals surface area contributed by atoms with Gasteiger partial charge in [-0.3, -0.25) is 0 Å². The highest BCUT2D eigenvalue weighted by Crippen LogP contribution is 2.30. The van der Waals surface area contributed by atoms with Crippen molar-refractivity contribution >= 4 is 5.82 Å². The van der Waals surface area contributed by atoms with Gasteiger partial charge in [-0.2, -0.15) is 0 Å². The van der Waals surface area contributed by atoms with Gasteiger partial charge >= 0.3 is 0 Å². The minimum absolute atomic E-state index is 0.403. The van der Waals surface area contributed by atoms with Gasteiger partial charge in [0.15, 0.2) is 11.6 Å². The molecule has 0 spiro atoms. The molecule has 2 aromatic carbocycles. The van der Waals surface area contributed by atoms with Crippen molar-refractivity contribution in [3.05, 3.63) is 60.2 Å². The highest BCUT2D eigenvalue weighted by atomic mass is 19.2. The van der Waals surface area contributed by atoms with E-state index in [0.717, 1.165) is 17.7 Å². The van der Waals surface area contributed by atoms with E-state index >= 15 is 0 Å². The van der Waals surface area contributed by atoms with E-state index in [2.05, 4.69) is 4.98 Å². The SMILES string of the molecule is Cn1c(-c2ccccc2)nc(-c2ccc(F)c(F)c2)c1N. The Labute approximate surface area is 120 Å². The number of rotatable bonds is 2. The number of nitrogen functional groups attached to an aromatic ring is 1. The fourth-order valence-electron chi connectivity index (χ4n) is 2.21. The molecule has 2 N–H and O–H groups in total. The number of anilines is 1. The second-order valence-corrected chi connectivity index (χ2v) is 4.72. The summed E-state index contributed by atoms with van der Waals surface area (Å²) in [4.78, 5) is 4.47. The van der Waals surface area contributed by atoms with E-state index in [-0.39, 0.29) is 0 Å². The van der Waals surface area contributed by atoms with E-state index in [0.29, 0.717) is 22.9 Å². The Morgan fingerprint density at radius 3 is 2.33 bits per heavy atom. The van der Waals surface area contributed by atoms with Gasteiger partial charge in [-0.15, -0.1) is 0 Å². The second kappa shape index (κ2) is 5.01. The summed E-state index contributed by atoms with van der Waals surface area (Å²) in [5.74, 6) is -0.733. The van der Waals surface area contributed by atoms with Crippen molar-refractivity contribution in [1.82, 2.24) is 9.55 Å². The molecule has 1 aromatic heterocycles. The number of halogens is 2. The standard InChI is InChI=1S/C16H13F2N3/c1-21-15(19)14(11-7-8-12(17)13(18)9-11)20-16(21)10-5-3-2-4-6-10/h2-9H,19H2,1H3. The fraction of sp³-hybridized carbons (Fsp3) is 0.0625. The summed E-state index contributed by atoms with van der Waals surface area (Å²) in [6, 6.07) is 13.2. The molecule has 0 radical (unpaired) electrons. The van der Waals surface area contributed by atoms with Crippen LogP contribution in [0.3, 0.4) is 0 Å². The molecule has 3 nitrogen and oxygen atoms in total. The summed E-state index contributed by atoms with van der Waals surface area (Å²) >= 11 is 0. The lowest BCUT2D eigenvalue weighted by atomic mass is 10.1. The van der Waals surface area contributed by atoms with Crippen molar-refractivity contribution < 1.29 is 8.78 Å². The molecule has 0 aliphatic heterocycles. The van der Waals surface area contributed by atoms with Gasteiger partial charge in [-0.1, -0.05) is 30.3 Å². The molecule has 0 bridgehead atoms. The molecule has 0 fully saturated rings. The average Bonchev–Trinajstić information content (AvgIpc) is 2.79. The molecule has 0 aliphatic carbocycles. The molecule has 21 heavy (non-hydrogen) atoms.